The molecule has 0 bridgehead atoms. The number of aliphatic imine (C=N–C) groups is 1. The van der Waals surface area contributed by atoms with Crippen LogP contribution in [-0.4, -0.2) is 22.1 Å². The van der Waals surface area contributed by atoms with Gasteiger partial charge in [0.1, 0.15) is 0 Å². The Morgan fingerprint density at radius 2 is 2.28 bits per heavy atom. The lowest BCUT2D eigenvalue weighted by Gasteiger charge is -2.12. The molecule has 1 aliphatic rings. The van der Waals surface area contributed by atoms with Crippen LogP contribution >= 0.6 is 0 Å². The van der Waals surface area contributed by atoms with Crippen molar-refractivity contribution >= 4 is 5.96 Å². The van der Waals surface area contributed by atoms with Crippen LogP contribution in [0, 0.1) is 24.3 Å². The normalized spacial score (nSPS) is 14.6. The average molecular weight is 338 g/mol. The van der Waals surface area contributed by atoms with E-state index in [1.807, 2.05) is 37.8 Å². The number of guanidine groups is 1. The third-order valence-electron chi connectivity index (χ3n) is 4.08. The molecule has 1 aromatic heterocycles. The summed E-state index contributed by atoms with van der Waals surface area (Å²) in [6.45, 7) is 8.02. The van der Waals surface area contributed by atoms with Gasteiger partial charge in [-0.15, -0.1) is 4.99 Å². The van der Waals surface area contributed by atoms with E-state index < -0.39 is 0 Å². The molecule has 0 saturated carbocycles. The average Bonchev–Trinajstić information content (AvgIpc) is 2.84. The van der Waals surface area contributed by atoms with E-state index in [0.29, 0.717) is 11.9 Å². The van der Waals surface area contributed by atoms with Gasteiger partial charge in [0.25, 0.3) is 0 Å². The van der Waals surface area contributed by atoms with Gasteiger partial charge in [0.2, 0.25) is 12.2 Å². The fourth-order valence-electron chi connectivity index (χ4n) is 2.53. The van der Waals surface area contributed by atoms with E-state index in [9.17, 15) is 0 Å². The Hall–Kier alpha value is -2.81. The number of aromatic nitrogens is 2. The van der Waals surface area contributed by atoms with Crippen molar-refractivity contribution in [3.63, 3.8) is 0 Å². The van der Waals surface area contributed by atoms with Gasteiger partial charge in [-0.1, -0.05) is 31.6 Å². The summed E-state index contributed by atoms with van der Waals surface area (Å²) >= 11 is 0. The van der Waals surface area contributed by atoms with Crippen molar-refractivity contribution in [3.05, 3.63) is 53.8 Å². The number of rotatable bonds is 6. The number of nitriles is 1. The van der Waals surface area contributed by atoms with Gasteiger partial charge in [-0.2, -0.15) is 5.26 Å². The van der Waals surface area contributed by atoms with Gasteiger partial charge >= 0.3 is 0 Å². The standard InChI is InChI=1S/C19H26N6/c1-15(2)17-6-4-7-18(9-8-17)24-19(23-13-20)22-10-5-11-25-14-21-12-16(25)3/h4,7-9,12,14-15H,5-6,10-11H2,1-3H3,(H2,22,23,24). The Morgan fingerprint density at radius 1 is 1.44 bits per heavy atom. The molecule has 0 aliphatic heterocycles. The molecule has 132 valence electrons. The largest absolute Gasteiger partial charge is 0.355 e. The van der Waals surface area contributed by atoms with Crippen LogP contribution in [0.15, 0.2) is 53.1 Å². The highest BCUT2D eigenvalue weighted by Gasteiger charge is 2.05. The number of hydrogen-bond donors (Lipinski definition) is 2. The molecule has 0 radical (unpaired) electrons. The maximum atomic E-state index is 8.90. The Labute approximate surface area is 149 Å². The summed E-state index contributed by atoms with van der Waals surface area (Å²) in [5.74, 6) is 0.999. The topological polar surface area (TPSA) is 78.0 Å². The number of imidazole rings is 1. The zero-order valence-corrected chi connectivity index (χ0v) is 15.2. The fourth-order valence-corrected chi connectivity index (χ4v) is 2.53. The van der Waals surface area contributed by atoms with E-state index in [1.165, 1.54) is 5.57 Å². The second-order valence-corrected chi connectivity index (χ2v) is 6.32. The summed E-state index contributed by atoms with van der Waals surface area (Å²) in [6.07, 6.45) is 15.7. The molecule has 2 rings (SSSR count). The summed E-state index contributed by atoms with van der Waals surface area (Å²) in [4.78, 5) is 7.95. The van der Waals surface area contributed by atoms with Gasteiger partial charge in [0.15, 0.2) is 0 Å². The number of aryl methyl sites for hydroxylation is 2. The van der Waals surface area contributed by atoms with Crippen molar-refractivity contribution in [2.24, 2.45) is 10.9 Å². The maximum absolute atomic E-state index is 8.90. The van der Waals surface area contributed by atoms with Crippen LogP contribution < -0.4 is 10.6 Å². The van der Waals surface area contributed by atoms with Crippen LogP contribution in [0.4, 0.5) is 0 Å². The van der Waals surface area contributed by atoms with Crippen LogP contribution in [0.25, 0.3) is 0 Å². The third-order valence-corrected chi connectivity index (χ3v) is 4.08. The lowest BCUT2D eigenvalue weighted by molar-refractivity contribution is 0.616. The van der Waals surface area contributed by atoms with Crippen molar-refractivity contribution in [1.29, 1.82) is 5.26 Å². The smallest absolute Gasteiger partial charge is 0.211 e. The maximum Gasteiger partial charge on any atom is 0.211 e. The van der Waals surface area contributed by atoms with Crippen molar-refractivity contribution < 1.29 is 0 Å². The Balaban J connectivity index is 1.87. The van der Waals surface area contributed by atoms with E-state index in [1.54, 1.807) is 0 Å². The minimum Gasteiger partial charge on any atom is -0.355 e. The van der Waals surface area contributed by atoms with E-state index >= 15 is 0 Å². The van der Waals surface area contributed by atoms with Crippen molar-refractivity contribution in [1.82, 2.24) is 20.2 Å². The van der Waals surface area contributed by atoms with E-state index in [4.69, 9.17) is 5.26 Å². The van der Waals surface area contributed by atoms with Gasteiger partial charge in [-0.25, -0.2) is 4.98 Å². The van der Waals surface area contributed by atoms with Gasteiger partial charge < -0.3 is 15.2 Å². The van der Waals surface area contributed by atoms with Crippen LogP contribution in [0.5, 0.6) is 0 Å². The Bertz CT molecular complexity index is 727. The van der Waals surface area contributed by atoms with Crippen LogP contribution in [0.1, 0.15) is 32.4 Å². The van der Waals surface area contributed by atoms with Gasteiger partial charge in [0.05, 0.1) is 6.33 Å². The fraction of sp³-hybridized carbons (Fsp3) is 0.421. The SMILES string of the molecule is Cc1cncn1CCCN/C(=N\C#N)NC1=CC=C(C(C)C)CC=C1. The molecule has 0 amide bonds. The molecule has 1 aliphatic carbocycles. The first-order chi connectivity index (χ1) is 12.1. The van der Waals surface area contributed by atoms with E-state index in [2.05, 4.69) is 51.2 Å². The first-order valence-corrected chi connectivity index (χ1v) is 8.62. The molecule has 1 heterocycles. The molecule has 0 unspecified atom stereocenters. The molecule has 1 aromatic rings. The van der Waals surface area contributed by atoms with Crippen LogP contribution in [0.3, 0.4) is 0 Å². The number of nitrogens with one attached hydrogen (secondary N) is 2. The van der Waals surface area contributed by atoms with Gasteiger partial charge in [0, 0.05) is 30.7 Å². The molecule has 0 aromatic carbocycles. The molecule has 6 heteroatoms. The summed E-state index contributed by atoms with van der Waals surface area (Å²) in [6, 6.07) is 0. The molecular weight excluding hydrogens is 312 g/mol. The molecule has 6 nitrogen and oxygen atoms in total. The Kier molecular flexibility index (Phi) is 7.02. The van der Waals surface area contributed by atoms with Crippen molar-refractivity contribution in [3.8, 4) is 6.19 Å². The Morgan fingerprint density at radius 3 is 2.96 bits per heavy atom. The monoisotopic (exact) mass is 338 g/mol. The van der Waals surface area contributed by atoms with Crippen molar-refractivity contribution in [2.45, 2.75) is 40.2 Å². The second kappa shape index (κ2) is 9.48. The zero-order valence-electron chi connectivity index (χ0n) is 15.2. The molecule has 25 heavy (non-hydrogen) atoms. The first-order valence-electron chi connectivity index (χ1n) is 8.62. The summed E-state index contributed by atoms with van der Waals surface area (Å²) < 4.78 is 2.10. The highest BCUT2D eigenvalue weighted by Crippen LogP contribution is 2.17. The number of nitrogens with zero attached hydrogens (tertiary/aromatic N) is 4. The van der Waals surface area contributed by atoms with Crippen molar-refractivity contribution in [2.75, 3.05) is 6.54 Å². The van der Waals surface area contributed by atoms with Gasteiger partial charge in [-0.3, -0.25) is 0 Å². The highest BCUT2D eigenvalue weighted by atomic mass is 15.2. The number of hydrogen-bond acceptors (Lipinski definition) is 3. The lowest BCUT2D eigenvalue weighted by Crippen LogP contribution is -2.37. The highest BCUT2D eigenvalue weighted by molar-refractivity contribution is 5.82. The minimum absolute atomic E-state index is 0.474. The summed E-state index contributed by atoms with van der Waals surface area (Å²) in [5, 5.41) is 15.3. The molecule has 0 spiro atoms. The minimum atomic E-state index is 0.474. The van der Waals surface area contributed by atoms with Crippen LogP contribution in [0.2, 0.25) is 0 Å². The predicted octanol–water partition coefficient (Wildman–Crippen LogP) is 3.02. The molecule has 0 saturated heterocycles. The third kappa shape index (κ3) is 5.96. The van der Waals surface area contributed by atoms with Crippen LogP contribution in [-0.2, 0) is 6.54 Å². The quantitative estimate of drug-likeness (QED) is 0.362. The first kappa shape index (κ1) is 18.5. The van der Waals surface area contributed by atoms with Gasteiger partial charge in [-0.05, 0) is 37.8 Å². The summed E-state index contributed by atoms with van der Waals surface area (Å²) in [5.41, 5.74) is 3.45. The molecule has 0 atom stereocenters. The lowest BCUT2D eigenvalue weighted by atomic mass is 10.0. The molecule has 2 N–H and O–H groups in total. The number of allylic oxidation sites excluding steroid dienone is 5. The predicted molar refractivity (Wildman–Crippen MR) is 101 cm³/mol. The zero-order chi connectivity index (χ0) is 18.1. The van der Waals surface area contributed by atoms with E-state index in [-0.39, 0.29) is 0 Å². The van der Waals surface area contributed by atoms with E-state index in [0.717, 1.165) is 37.3 Å². The summed E-state index contributed by atoms with van der Waals surface area (Å²) in [7, 11) is 0. The molecule has 0 fully saturated rings. The second-order valence-electron chi connectivity index (χ2n) is 6.32. The molecular formula is C19H26N6.